The summed E-state index contributed by atoms with van der Waals surface area (Å²) in [5.41, 5.74) is 1.64. The van der Waals surface area contributed by atoms with E-state index < -0.39 is 0 Å². The Labute approximate surface area is 129 Å². The van der Waals surface area contributed by atoms with E-state index in [-0.39, 0.29) is 17.7 Å². The maximum atomic E-state index is 12.4. The molecule has 110 valence electrons. The number of nitrogens with zero attached hydrogens (tertiary/aromatic N) is 2. The molecule has 1 aromatic heterocycles. The number of carbonyl (C=O) groups is 1. The van der Waals surface area contributed by atoms with Crippen LogP contribution in [0, 0.1) is 0 Å². The van der Waals surface area contributed by atoms with E-state index in [1.54, 1.807) is 11.0 Å². The molecule has 0 aliphatic carbocycles. The van der Waals surface area contributed by atoms with Crippen molar-refractivity contribution >= 4 is 17.5 Å². The number of pyridine rings is 1. The molecule has 21 heavy (non-hydrogen) atoms. The fourth-order valence-corrected chi connectivity index (χ4v) is 2.24. The van der Waals surface area contributed by atoms with Crippen LogP contribution in [0.1, 0.15) is 15.9 Å². The quantitative estimate of drug-likeness (QED) is 0.834. The SMILES string of the molecule is O=C(c1ccnc(Cl)c1)N(CCO)CCc1ccccc1. The van der Waals surface area contributed by atoms with Crippen molar-refractivity contribution in [2.45, 2.75) is 6.42 Å². The standard InChI is InChI=1S/C16H17ClN2O2/c17-15-12-14(6-8-18-15)16(21)19(10-11-20)9-7-13-4-2-1-3-5-13/h1-6,8,12,20H,7,9-11H2. The number of aromatic nitrogens is 1. The van der Waals surface area contributed by atoms with Crippen molar-refractivity contribution in [3.8, 4) is 0 Å². The van der Waals surface area contributed by atoms with Crippen LogP contribution in [0.15, 0.2) is 48.7 Å². The van der Waals surface area contributed by atoms with Crippen molar-refractivity contribution in [2.24, 2.45) is 0 Å². The summed E-state index contributed by atoms with van der Waals surface area (Å²) >= 11 is 5.81. The molecule has 0 radical (unpaired) electrons. The van der Waals surface area contributed by atoms with E-state index in [2.05, 4.69) is 4.98 Å². The van der Waals surface area contributed by atoms with Gasteiger partial charge < -0.3 is 10.0 Å². The maximum Gasteiger partial charge on any atom is 0.254 e. The second-order valence-electron chi connectivity index (χ2n) is 4.62. The van der Waals surface area contributed by atoms with Gasteiger partial charge in [-0.15, -0.1) is 0 Å². The van der Waals surface area contributed by atoms with Gasteiger partial charge in [0.2, 0.25) is 0 Å². The second kappa shape index (κ2) is 7.76. The highest BCUT2D eigenvalue weighted by molar-refractivity contribution is 6.29. The number of hydrogen-bond donors (Lipinski definition) is 1. The van der Waals surface area contributed by atoms with Crippen LogP contribution in [0.4, 0.5) is 0 Å². The van der Waals surface area contributed by atoms with E-state index >= 15 is 0 Å². The molecule has 5 heteroatoms. The summed E-state index contributed by atoms with van der Waals surface area (Å²) in [4.78, 5) is 17.9. The number of halogens is 1. The minimum absolute atomic E-state index is 0.0701. The van der Waals surface area contributed by atoms with Crippen molar-refractivity contribution in [3.05, 3.63) is 64.9 Å². The fourth-order valence-electron chi connectivity index (χ4n) is 2.06. The van der Waals surface area contributed by atoms with E-state index in [0.29, 0.717) is 18.7 Å². The predicted octanol–water partition coefficient (Wildman–Crippen LogP) is 2.41. The van der Waals surface area contributed by atoms with Gasteiger partial charge in [0.05, 0.1) is 6.61 Å². The van der Waals surface area contributed by atoms with Crippen LogP contribution in [0.5, 0.6) is 0 Å². The van der Waals surface area contributed by atoms with Gasteiger partial charge in [-0.05, 0) is 24.1 Å². The average molecular weight is 305 g/mol. The highest BCUT2D eigenvalue weighted by Gasteiger charge is 2.15. The third-order valence-corrected chi connectivity index (χ3v) is 3.35. The molecule has 0 aliphatic rings. The van der Waals surface area contributed by atoms with Crippen molar-refractivity contribution < 1.29 is 9.90 Å². The van der Waals surface area contributed by atoms with Gasteiger partial charge in [-0.25, -0.2) is 4.98 Å². The Balaban J connectivity index is 2.06. The molecule has 0 aliphatic heterocycles. The first-order valence-electron chi connectivity index (χ1n) is 6.76. The monoisotopic (exact) mass is 304 g/mol. The van der Waals surface area contributed by atoms with Crippen molar-refractivity contribution in [1.29, 1.82) is 0 Å². The normalized spacial score (nSPS) is 10.4. The number of rotatable bonds is 6. The van der Waals surface area contributed by atoms with Crippen molar-refractivity contribution in [3.63, 3.8) is 0 Å². The molecule has 1 aromatic carbocycles. The smallest absolute Gasteiger partial charge is 0.254 e. The summed E-state index contributed by atoms with van der Waals surface area (Å²) in [5.74, 6) is -0.149. The molecular weight excluding hydrogens is 288 g/mol. The molecule has 0 fully saturated rings. The Morgan fingerprint density at radius 1 is 1.19 bits per heavy atom. The summed E-state index contributed by atoms with van der Waals surface area (Å²) in [5, 5.41) is 9.44. The van der Waals surface area contributed by atoms with Gasteiger partial charge in [-0.1, -0.05) is 41.9 Å². The Kier molecular flexibility index (Phi) is 5.72. The first-order valence-corrected chi connectivity index (χ1v) is 7.14. The minimum Gasteiger partial charge on any atom is -0.395 e. The Bertz CT molecular complexity index is 590. The molecule has 2 rings (SSSR count). The van der Waals surface area contributed by atoms with Gasteiger partial charge in [-0.3, -0.25) is 4.79 Å². The van der Waals surface area contributed by atoms with E-state index in [0.717, 1.165) is 12.0 Å². The first kappa shape index (κ1) is 15.5. The minimum atomic E-state index is -0.149. The van der Waals surface area contributed by atoms with Crippen molar-refractivity contribution in [2.75, 3.05) is 19.7 Å². The number of aliphatic hydroxyl groups excluding tert-OH is 1. The molecule has 2 aromatic rings. The molecule has 0 atom stereocenters. The van der Waals surface area contributed by atoms with Crippen LogP contribution in [0.3, 0.4) is 0 Å². The van der Waals surface area contributed by atoms with Crippen LogP contribution < -0.4 is 0 Å². The van der Waals surface area contributed by atoms with Gasteiger partial charge in [-0.2, -0.15) is 0 Å². The summed E-state index contributed by atoms with van der Waals surface area (Å²) in [6.45, 7) is 0.772. The molecule has 1 heterocycles. The van der Waals surface area contributed by atoms with Crippen LogP contribution in [-0.4, -0.2) is 40.6 Å². The lowest BCUT2D eigenvalue weighted by Gasteiger charge is -2.22. The van der Waals surface area contributed by atoms with Gasteiger partial charge in [0.15, 0.2) is 0 Å². The van der Waals surface area contributed by atoms with E-state index in [1.807, 2.05) is 30.3 Å². The Morgan fingerprint density at radius 2 is 1.95 bits per heavy atom. The lowest BCUT2D eigenvalue weighted by Crippen LogP contribution is -2.35. The van der Waals surface area contributed by atoms with E-state index in [1.165, 1.54) is 12.3 Å². The maximum absolute atomic E-state index is 12.4. The highest BCUT2D eigenvalue weighted by atomic mass is 35.5. The number of aliphatic hydroxyl groups is 1. The molecule has 4 nitrogen and oxygen atoms in total. The fraction of sp³-hybridized carbons (Fsp3) is 0.250. The Morgan fingerprint density at radius 3 is 2.62 bits per heavy atom. The molecule has 1 amide bonds. The second-order valence-corrected chi connectivity index (χ2v) is 5.01. The largest absolute Gasteiger partial charge is 0.395 e. The zero-order valence-electron chi connectivity index (χ0n) is 11.6. The summed E-state index contributed by atoms with van der Waals surface area (Å²) in [6.07, 6.45) is 2.25. The zero-order chi connectivity index (χ0) is 15.1. The van der Waals surface area contributed by atoms with Crippen LogP contribution in [0.25, 0.3) is 0 Å². The third kappa shape index (κ3) is 4.55. The molecular formula is C16H17ClN2O2. The van der Waals surface area contributed by atoms with Gasteiger partial charge in [0.1, 0.15) is 5.15 Å². The molecule has 0 saturated carbocycles. The van der Waals surface area contributed by atoms with Gasteiger partial charge >= 0.3 is 0 Å². The first-order chi connectivity index (χ1) is 10.2. The van der Waals surface area contributed by atoms with E-state index in [9.17, 15) is 4.79 Å². The third-order valence-electron chi connectivity index (χ3n) is 3.14. The van der Waals surface area contributed by atoms with Crippen LogP contribution in [-0.2, 0) is 6.42 Å². The Hall–Kier alpha value is -1.91. The van der Waals surface area contributed by atoms with Crippen LogP contribution in [0.2, 0.25) is 5.15 Å². The molecule has 1 N–H and O–H groups in total. The predicted molar refractivity (Wildman–Crippen MR) is 82.4 cm³/mol. The van der Waals surface area contributed by atoms with Gasteiger partial charge in [0.25, 0.3) is 5.91 Å². The number of hydrogen-bond acceptors (Lipinski definition) is 3. The average Bonchev–Trinajstić information content (AvgIpc) is 2.52. The van der Waals surface area contributed by atoms with Crippen molar-refractivity contribution in [1.82, 2.24) is 9.88 Å². The molecule has 0 unspecified atom stereocenters. The number of amides is 1. The summed E-state index contributed by atoms with van der Waals surface area (Å²) < 4.78 is 0. The molecule has 0 saturated heterocycles. The van der Waals surface area contributed by atoms with Gasteiger partial charge in [0, 0.05) is 24.8 Å². The lowest BCUT2D eigenvalue weighted by atomic mass is 10.1. The summed E-state index contributed by atoms with van der Waals surface area (Å²) in [6, 6.07) is 13.1. The van der Waals surface area contributed by atoms with Crippen LogP contribution >= 0.6 is 11.6 Å². The lowest BCUT2D eigenvalue weighted by molar-refractivity contribution is 0.0724. The highest BCUT2D eigenvalue weighted by Crippen LogP contribution is 2.11. The van der Waals surface area contributed by atoms with E-state index in [4.69, 9.17) is 16.7 Å². The summed E-state index contributed by atoms with van der Waals surface area (Å²) in [7, 11) is 0. The zero-order valence-corrected chi connectivity index (χ0v) is 12.3. The molecule has 0 spiro atoms. The number of carbonyl (C=O) groups excluding carboxylic acids is 1. The topological polar surface area (TPSA) is 53.4 Å². The molecule has 0 bridgehead atoms. The number of benzene rings is 1.